The molecule has 0 aliphatic carbocycles. The number of sulfonamides is 1. The van der Waals surface area contributed by atoms with E-state index < -0.39 is 15.8 Å². The van der Waals surface area contributed by atoms with E-state index in [-0.39, 0.29) is 10.8 Å². The van der Waals surface area contributed by atoms with Crippen molar-refractivity contribution in [2.75, 3.05) is 20.2 Å². The van der Waals surface area contributed by atoms with Gasteiger partial charge in [-0.25, -0.2) is 17.8 Å². The van der Waals surface area contributed by atoms with Crippen molar-refractivity contribution in [3.63, 3.8) is 0 Å². The molecule has 0 unspecified atom stereocenters. The fourth-order valence-corrected chi connectivity index (χ4v) is 6.04. The lowest BCUT2D eigenvalue weighted by Gasteiger charge is -2.31. The molecule has 1 saturated heterocycles. The third-order valence-electron chi connectivity index (χ3n) is 6.10. The lowest BCUT2D eigenvalue weighted by atomic mass is 9.99. The van der Waals surface area contributed by atoms with E-state index in [9.17, 15) is 12.8 Å². The number of piperidine rings is 1. The number of halogens is 1. The fraction of sp³-hybridized carbons (Fsp3) is 0.240. The number of hydrogen-bond donors (Lipinski definition) is 0. The van der Waals surface area contributed by atoms with E-state index in [4.69, 9.17) is 9.72 Å². The molecule has 2 aromatic carbocycles. The van der Waals surface area contributed by atoms with E-state index in [1.165, 1.54) is 22.5 Å². The van der Waals surface area contributed by atoms with Crippen molar-refractivity contribution in [3.05, 3.63) is 84.6 Å². The summed E-state index contributed by atoms with van der Waals surface area (Å²) < 4.78 is 49.0. The maximum absolute atomic E-state index is 13.7. The third-order valence-corrected chi connectivity index (χ3v) is 7.96. The summed E-state index contributed by atoms with van der Waals surface area (Å²) in [5.74, 6) is 0.918. The largest absolute Gasteiger partial charge is 0.497 e. The van der Waals surface area contributed by atoms with Crippen molar-refractivity contribution in [3.8, 4) is 17.0 Å². The quantitative estimate of drug-likeness (QED) is 0.428. The van der Waals surface area contributed by atoms with Crippen LogP contribution in [0, 0.1) is 5.82 Å². The van der Waals surface area contributed by atoms with Crippen LogP contribution in [-0.2, 0) is 10.0 Å². The number of nitrogens with zero attached hydrogens (tertiary/aromatic N) is 3. The molecule has 0 saturated carbocycles. The van der Waals surface area contributed by atoms with Gasteiger partial charge in [-0.1, -0.05) is 24.3 Å². The lowest BCUT2D eigenvalue weighted by molar-refractivity contribution is 0.308. The topological polar surface area (TPSA) is 63.9 Å². The predicted molar refractivity (Wildman–Crippen MR) is 124 cm³/mol. The molecule has 6 nitrogen and oxygen atoms in total. The van der Waals surface area contributed by atoms with E-state index in [1.807, 2.05) is 53.1 Å². The molecule has 8 heteroatoms. The second-order valence-electron chi connectivity index (χ2n) is 8.17. The third kappa shape index (κ3) is 4.00. The van der Waals surface area contributed by atoms with E-state index in [0.29, 0.717) is 19.5 Å². The summed E-state index contributed by atoms with van der Waals surface area (Å²) in [4.78, 5) is 4.97. The second kappa shape index (κ2) is 8.61. The van der Waals surface area contributed by atoms with Gasteiger partial charge in [-0.15, -0.1) is 0 Å². The van der Waals surface area contributed by atoms with Gasteiger partial charge >= 0.3 is 0 Å². The molecule has 33 heavy (non-hydrogen) atoms. The highest BCUT2D eigenvalue weighted by Gasteiger charge is 2.33. The molecule has 0 N–H and O–H groups in total. The number of pyridine rings is 1. The number of methoxy groups -OCH3 is 1. The van der Waals surface area contributed by atoms with Crippen LogP contribution in [0.25, 0.3) is 16.8 Å². The predicted octanol–water partition coefficient (Wildman–Crippen LogP) is 4.72. The first-order valence-corrected chi connectivity index (χ1v) is 12.3. The van der Waals surface area contributed by atoms with Gasteiger partial charge in [-0.2, -0.15) is 4.31 Å². The second-order valence-corrected chi connectivity index (χ2v) is 10.1. The first-order valence-electron chi connectivity index (χ1n) is 10.8. The summed E-state index contributed by atoms with van der Waals surface area (Å²) in [6, 6.07) is 18.8. The van der Waals surface area contributed by atoms with Gasteiger partial charge in [-0.05, 0) is 55.3 Å². The maximum Gasteiger partial charge on any atom is 0.243 e. The van der Waals surface area contributed by atoms with Crippen molar-refractivity contribution in [1.82, 2.24) is 13.7 Å². The van der Waals surface area contributed by atoms with Crippen LogP contribution in [-0.4, -0.2) is 42.3 Å². The number of ether oxygens (including phenoxy) is 1. The van der Waals surface area contributed by atoms with Crippen molar-refractivity contribution in [1.29, 1.82) is 0 Å². The Kier molecular flexibility index (Phi) is 5.64. The molecule has 1 aliphatic heterocycles. The van der Waals surface area contributed by atoms with Gasteiger partial charge in [0.05, 0.1) is 23.2 Å². The first-order chi connectivity index (χ1) is 16.0. The summed E-state index contributed by atoms with van der Waals surface area (Å²) in [6.07, 6.45) is 3.48. The molecule has 5 rings (SSSR count). The SMILES string of the molecule is COc1cccc(-c2nc([C@H]3CCCN(S(=O)(=O)c4cccc(F)c4)C3)n3ccccc23)c1. The van der Waals surface area contributed by atoms with Crippen molar-refractivity contribution >= 4 is 15.5 Å². The standard InChI is InChI=1S/C25H24FN3O3S/c1-32-21-10-4-7-18(15-21)24-23-12-2-3-14-29(23)25(27-24)19-8-6-13-28(17-19)33(30,31)22-11-5-9-20(26)16-22/h2-5,7,9-12,14-16,19H,6,8,13,17H2,1H3/t19-/m0/s1. The van der Waals surface area contributed by atoms with Crippen molar-refractivity contribution in [2.24, 2.45) is 0 Å². The Bertz CT molecular complexity index is 1420. The number of imidazole rings is 1. The van der Waals surface area contributed by atoms with Gasteiger partial charge in [0, 0.05) is 30.8 Å². The van der Waals surface area contributed by atoms with E-state index >= 15 is 0 Å². The molecule has 0 radical (unpaired) electrons. The van der Waals surface area contributed by atoms with E-state index in [2.05, 4.69) is 0 Å². The van der Waals surface area contributed by atoms with Crippen LogP contribution in [0.5, 0.6) is 5.75 Å². The molecule has 1 fully saturated rings. The van der Waals surface area contributed by atoms with E-state index in [0.717, 1.165) is 40.8 Å². The molecule has 0 bridgehead atoms. The van der Waals surface area contributed by atoms with Gasteiger partial charge in [0.1, 0.15) is 17.4 Å². The summed E-state index contributed by atoms with van der Waals surface area (Å²) >= 11 is 0. The Labute approximate surface area is 192 Å². The average Bonchev–Trinajstić information content (AvgIpc) is 3.24. The van der Waals surface area contributed by atoms with Gasteiger partial charge in [0.2, 0.25) is 10.0 Å². The van der Waals surface area contributed by atoms with Crippen molar-refractivity contribution in [2.45, 2.75) is 23.7 Å². The fourth-order valence-electron chi connectivity index (χ4n) is 4.48. The minimum atomic E-state index is -3.79. The zero-order valence-corrected chi connectivity index (χ0v) is 19.0. The van der Waals surface area contributed by atoms with Crippen LogP contribution < -0.4 is 4.74 Å². The Morgan fingerprint density at radius 1 is 1.06 bits per heavy atom. The smallest absolute Gasteiger partial charge is 0.243 e. The lowest BCUT2D eigenvalue weighted by Crippen LogP contribution is -2.39. The molecule has 3 heterocycles. The Balaban J connectivity index is 1.53. The Hall–Kier alpha value is -3.23. The average molecular weight is 466 g/mol. The molecule has 0 amide bonds. The summed E-state index contributed by atoms with van der Waals surface area (Å²) in [5, 5.41) is 0. The Morgan fingerprint density at radius 3 is 2.73 bits per heavy atom. The minimum absolute atomic E-state index is 0.0202. The maximum atomic E-state index is 13.7. The van der Waals surface area contributed by atoms with E-state index in [1.54, 1.807) is 7.11 Å². The minimum Gasteiger partial charge on any atom is -0.497 e. The Morgan fingerprint density at radius 2 is 1.91 bits per heavy atom. The zero-order valence-electron chi connectivity index (χ0n) is 18.2. The zero-order chi connectivity index (χ0) is 23.0. The van der Waals surface area contributed by atoms with Crippen molar-refractivity contribution < 1.29 is 17.5 Å². The van der Waals surface area contributed by atoms with Gasteiger partial charge in [-0.3, -0.25) is 0 Å². The summed E-state index contributed by atoms with van der Waals surface area (Å²) in [6.45, 7) is 0.700. The van der Waals surface area contributed by atoms with Crippen LogP contribution in [0.2, 0.25) is 0 Å². The molecule has 2 aromatic heterocycles. The highest BCUT2D eigenvalue weighted by molar-refractivity contribution is 7.89. The number of hydrogen-bond acceptors (Lipinski definition) is 4. The normalized spacial score (nSPS) is 17.3. The summed E-state index contributed by atoms with van der Waals surface area (Å²) in [5.41, 5.74) is 2.71. The molecule has 4 aromatic rings. The van der Waals surface area contributed by atoms with Crippen LogP contribution in [0.4, 0.5) is 4.39 Å². The number of aromatic nitrogens is 2. The van der Waals surface area contributed by atoms with Crippen LogP contribution in [0.15, 0.2) is 77.8 Å². The van der Waals surface area contributed by atoms with Gasteiger partial charge in [0.15, 0.2) is 0 Å². The molecular formula is C25H24FN3O3S. The van der Waals surface area contributed by atoms with Gasteiger partial charge < -0.3 is 9.14 Å². The molecule has 1 atom stereocenters. The molecule has 1 aliphatic rings. The monoisotopic (exact) mass is 465 g/mol. The van der Waals surface area contributed by atoms with Crippen LogP contribution >= 0.6 is 0 Å². The first kappa shape index (κ1) is 21.6. The number of rotatable bonds is 5. The number of benzene rings is 2. The molecule has 170 valence electrons. The molecular weight excluding hydrogens is 441 g/mol. The highest BCUT2D eigenvalue weighted by atomic mass is 32.2. The van der Waals surface area contributed by atoms with Gasteiger partial charge in [0.25, 0.3) is 0 Å². The number of fused-ring (bicyclic) bond motifs is 1. The van der Waals surface area contributed by atoms with Crippen LogP contribution in [0.3, 0.4) is 0 Å². The molecule has 0 spiro atoms. The van der Waals surface area contributed by atoms with Crippen LogP contribution in [0.1, 0.15) is 24.6 Å². The highest BCUT2D eigenvalue weighted by Crippen LogP contribution is 2.34. The summed E-state index contributed by atoms with van der Waals surface area (Å²) in [7, 11) is -2.16.